The monoisotopic (exact) mass is 275 g/mol. The fourth-order valence-corrected chi connectivity index (χ4v) is 3.60. The summed E-state index contributed by atoms with van der Waals surface area (Å²) in [7, 11) is 2.30. The van der Waals surface area contributed by atoms with Gasteiger partial charge in [-0.05, 0) is 64.6 Å². The summed E-state index contributed by atoms with van der Waals surface area (Å²) >= 11 is 0. The van der Waals surface area contributed by atoms with Crippen LogP contribution in [0.3, 0.4) is 0 Å². The van der Waals surface area contributed by atoms with Gasteiger partial charge in [-0.15, -0.1) is 0 Å². The topological polar surface area (TPSA) is 44.3 Å². The van der Waals surface area contributed by atoms with E-state index in [-0.39, 0.29) is 0 Å². The van der Waals surface area contributed by atoms with Crippen LogP contribution < -0.4 is 5.32 Å². The van der Waals surface area contributed by atoms with Crippen LogP contribution in [0.15, 0.2) is 18.3 Å². The second-order valence-corrected chi connectivity index (χ2v) is 6.18. The second-order valence-electron chi connectivity index (χ2n) is 6.18. The smallest absolute Gasteiger partial charge is 0.0771 e. The summed E-state index contributed by atoms with van der Waals surface area (Å²) in [5, 5.41) is 11.7. The summed E-state index contributed by atoms with van der Waals surface area (Å²) in [6.45, 7) is 6.73. The molecule has 1 N–H and O–H groups in total. The maximum absolute atomic E-state index is 4.24. The minimum atomic E-state index is 0.351. The van der Waals surface area contributed by atoms with Crippen molar-refractivity contribution in [3.8, 4) is 0 Å². The first-order chi connectivity index (χ1) is 9.78. The van der Waals surface area contributed by atoms with Crippen molar-refractivity contribution >= 4 is 0 Å². The van der Waals surface area contributed by atoms with E-state index in [9.17, 15) is 0 Å². The molecule has 3 rings (SSSR count). The van der Waals surface area contributed by atoms with Crippen LogP contribution in [0, 0.1) is 0 Å². The number of likely N-dealkylation sites (N-methyl/N-ethyl adjacent to an activating group) is 1. The number of hydrogen-bond acceptors (Lipinski definition) is 5. The Morgan fingerprint density at radius 3 is 2.90 bits per heavy atom. The Kier molecular flexibility index (Phi) is 4.29. The molecule has 0 aromatic carbocycles. The van der Waals surface area contributed by atoms with Crippen molar-refractivity contribution < 1.29 is 0 Å². The Morgan fingerprint density at radius 1 is 1.30 bits per heavy atom. The number of nitrogens with zero attached hydrogens (tertiary/aromatic N) is 4. The molecule has 110 valence electrons. The average molecular weight is 275 g/mol. The van der Waals surface area contributed by atoms with Gasteiger partial charge in [-0.2, -0.15) is 10.2 Å². The van der Waals surface area contributed by atoms with Gasteiger partial charge in [0.25, 0.3) is 0 Å². The zero-order valence-electron chi connectivity index (χ0n) is 12.4. The molecule has 0 radical (unpaired) electrons. The highest BCUT2D eigenvalue weighted by Crippen LogP contribution is 2.29. The van der Waals surface area contributed by atoms with Gasteiger partial charge in [0.05, 0.1) is 5.69 Å². The molecule has 0 unspecified atom stereocenters. The van der Waals surface area contributed by atoms with E-state index in [2.05, 4.69) is 38.4 Å². The van der Waals surface area contributed by atoms with E-state index >= 15 is 0 Å². The Bertz CT molecular complexity index is 416. The molecule has 0 saturated carbocycles. The molecule has 0 atom stereocenters. The van der Waals surface area contributed by atoms with Gasteiger partial charge >= 0.3 is 0 Å². The molecule has 1 aromatic heterocycles. The summed E-state index contributed by atoms with van der Waals surface area (Å²) in [6.07, 6.45) is 5.49. The van der Waals surface area contributed by atoms with Crippen molar-refractivity contribution in [1.29, 1.82) is 0 Å². The number of nitrogens with one attached hydrogen (secondary N) is 1. The Labute approximate surface area is 121 Å². The van der Waals surface area contributed by atoms with Crippen molar-refractivity contribution in [3.05, 3.63) is 24.0 Å². The molecule has 2 aliphatic rings. The molecular formula is C15H25N5. The molecule has 0 aliphatic carbocycles. The molecule has 5 heteroatoms. The zero-order chi connectivity index (χ0) is 13.8. The highest BCUT2D eigenvalue weighted by Gasteiger charge is 2.38. The highest BCUT2D eigenvalue weighted by atomic mass is 15.3. The first-order valence-electron chi connectivity index (χ1n) is 7.69. The quantitative estimate of drug-likeness (QED) is 0.862. The van der Waals surface area contributed by atoms with Crippen LogP contribution in [0.25, 0.3) is 0 Å². The predicted octanol–water partition coefficient (Wildman–Crippen LogP) is 0.736. The first kappa shape index (κ1) is 13.9. The third kappa shape index (κ3) is 3.00. The van der Waals surface area contributed by atoms with Gasteiger partial charge in [-0.1, -0.05) is 0 Å². The van der Waals surface area contributed by atoms with E-state index < -0.39 is 0 Å². The van der Waals surface area contributed by atoms with E-state index in [1.165, 1.54) is 25.8 Å². The maximum atomic E-state index is 4.24. The van der Waals surface area contributed by atoms with Crippen LogP contribution in [-0.2, 0) is 6.54 Å². The summed E-state index contributed by atoms with van der Waals surface area (Å²) in [5.41, 5.74) is 1.44. The highest BCUT2D eigenvalue weighted by molar-refractivity contribution is 5.02. The van der Waals surface area contributed by atoms with Crippen LogP contribution in [0.4, 0.5) is 0 Å². The molecule has 5 nitrogen and oxygen atoms in total. The lowest BCUT2D eigenvalue weighted by Crippen LogP contribution is -2.57. The minimum Gasteiger partial charge on any atom is -0.317 e. The van der Waals surface area contributed by atoms with Gasteiger partial charge < -0.3 is 5.32 Å². The summed E-state index contributed by atoms with van der Waals surface area (Å²) in [5.74, 6) is 0. The Balaban J connectivity index is 1.72. The number of piperidine rings is 1. The Hall–Kier alpha value is -1.04. The van der Waals surface area contributed by atoms with Crippen molar-refractivity contribution in [2.24, 2.45) is 0 Å². The second kappa shape index (κ2) is 6.16. The third-order valence-corrected chi connectivity index (χ3v) is 4.84. The van der Waals surface area contributed by atoms with Gasteiger partial charge in [0, 0.05) is 24.8 Å². The largest absolute Gasteiger partial charge is 0.317 e. The summed E-state index contributed by atoms with van der Waals surface area (Å²) in [4.78, 5) is 5.17. The lowest BCUT2D eigenvalue weighted by molar-refractivity contribution is 0.0633. The van der Waals surface area contributed by atoms with E-state index in [1.807, 2.05) is 6.07 Å². The Morgan fingerprint density at radius 2 is 2.15 bits per heavy atom. The number of rotatable bonds is 2. The fourth-order valence-electron chi connectivity index (χ4n) is 3.60. The summed E-state index contributed by atoms with van der Waals surface area (Å²) < 4.78 is 0. The summed E-state index contributed by atoms with van der Waals surface area (Å²) in [6, 6.07) is 4.06. The van der Waals surface area contributed by atoms with Gasteiger partial charge in [0.15, 0.2) is 0 Å². The van der Waals surface area contributed by atoms with Crippen molar-refractivity contribution in [1.82, 2.24) is 25.3 Å². The van der Waals surface area contributed by atoms with Crippen molar-refractivity contribution in [2.45, 2.75) is 31.3 Å². The van der Waals surface area contributed by atoms with Crippen LogP contribution in [0.2, 0.25) is 0 Å². The lowest BCUT2D eigenvalue weighted by atomic mass is 9.86. The molecule has 3 heterocycles. The average Bonchev–Trinajstić information content (AvgIpc) is 2.62. The van der Waals surface area contributed by atoms with Crippen molar-refractivity contribution in [2.75, 3.05) is 39.8 Å². The lowest BCUT2D eigenvalue weighted by Gasteiger charge is -2.45. The van der Waals surface area contributed by atoms with Crippen LogP contribution in [0.5, 0.6) is 0 Å². The fraction of sp³-hybridized carbons (Fsp3) is 0.733. The van der Waals surface area contributed by atoms with Gasteiger partial charge in [-0.3, -0.25) is 9.80 Å². The molecule has 2 fully saturated rings. The standard InChI is InChI=1S/C15H25N5/c1-19-10-3-11-20(12-14-4-2-7-17-18-14)13-15(19)5-8-16-9-6-15/h2,4,7,16H,3,5-6,8-13H2,1H3. The first-order valence-corrected chi connectivity index (χ1v) is 7.69. The SMILES string of the molecule is CN1CCCN(Cc2cccnn2)CC12CCNCC2. The van der Waals surface area contributed by atoms with E-state index in [4.69, 9.17) is 0 Å². The molecular weight excluding hydrogens is 250 g/mol. The maximum Gasteiger partial charge on any atom is 0.0771 e. The molecule has 20 heavy (non-hydrogen) atoms. The molecule has 2 saturated heterocycles. The predicted molar refractivity (Wildman–Crippen MR) is 79.4 cm³/mol. The van der Waals surface area contributed by atoms with Gasteiger partial charge in [0.2, 0.25) is 0 Å². The van der Waals surface area contributed by atoms with Crippen molar-refractivity contribution in [3.63, 3.8) is 0 Å². The van der Waals surface area contributed by atoms with Gasteiger partial charge in [-0.25, -0.2) is 0 Å². The van der Waals surface area contributed by atoms with E-state index in [1.54, 1.807) is 6.20 Å². The van der Waals surface area contributed by atoms with Crippen LogP contribution >= 0.6 is 0 Å². The van der Waals surface area contributed by atoms with Crippen LogP contribution in [0.1, 0.15) is 25.0 Å². The zero-order valence-corrected chi connectivity index (χ0v) is 12.4. The third-order valence-electron chi connectivity index (χ3n) is 4.84. The molecule has 1 aromatic rings. The van der Waals surface area contributed by atoms with E-state index in [0.29, 0.717) is 5.54 Å². The number of hydrogen-bond donors (Lipinski definition) is 1. The number of aromatic nitrogens is 2. The normalized spacial score (nSPS) is 24.6. The van der Waals surface area contributed by atoms with Crippen LogP contribution in [-0.4, -0.2) is 65.3 Å². The van der Waals surface area contributed by atoms with Gasteiger partial charge in [0.1, 0.15) is 0 Å². The minimum absolute atomic E-state index is 0.351. The molecule has 0 amide bonds. The molecule has 1 spiro atoms. The van der Waals surface area contributed by atoms with E-state index in [0.717, 1.165) is 38.4 Å². The molecule has 2 aliphatic heterocycles. The molecule has 0 bridgehead atoms.